The molecule has 9 aromatic carbocycles. The standard InChI is InChI=1S/C53H34N4/c1-3-11-35(12-4-1)38-19-22-39(23-20-38)51-54-52(56-53(55-51)45-24-21-37-15-7-8-16-41(37)31-45)40-25-28-46(29-26-40)57-49-34-44(36-13-5-2-6-14-36)27-30-47(49)48-32-42-17-9-10-18-43(42)33-50(48)57/h1-34H. The average molecular weight is 727 g/mol. The second kappa shape index (κ2) is 13.6. The van der Waals surface area contributed by atoms with Crippen LogP contribution in [0.25, 0.3) is 105 Å². The van der Waals surface area contributed by atoms with Gasteiger partial charge in [-0.05, 0) is 92.3 Å². The van der Waals surface area contributed by atoms with E-state index in [9.17, 15) is 0 Å². The largest absolute Gasteiger partial charge is 0.309 e. The molecule has 11 aromatic rings. The molecule has 2 aromatic heterocycles. The van der Waals surface area contributed by atoms with Gasteiger partial charge >= 0.3 is 0 Å². The van der Waals surface area contributed by atoms with Crippen LogP contribution >= 0.6 is 0 Å². The zero-order valence-corrected chi connectivity index (χ0v) is 30.9. The van der Waals surface area contributed by atoms with Crippen LogP contribution < -0.4 is 0 Å². The third-order valence-corrected chi connectivity index (χ3v) is 11.0. The van der Waals surface area contributed by atoms with Gasteiger partial charge in [0.25, 0.3) is 0 Å². The average Bonchev–Trinajstić information content (AvgIpc) is 3.60. The highest BCUT2D eigenvalue weighted by molar-refractivity contribution is 6.14. The number of hydrogen-bond acceptors (Lipinski definition) is 3. The monoisotopic (exact) mass is 726 g/mol. The van der Waals surface area contributed by atoms with E-state index in [4.69, 9.17) is 15.0 Å². The van der Waals surface area contributed by atoms with Crippen molar-refractivity contribution in [1.29, 1.82) is 0 Å². The van der Waals surface area contributed by atoms with Crippen LogP contribution in [0.4, 0.5) is 0 Å². The van der Waals surface area contributed by atoms with Crippen LogP contribution in [0.2, 0.25) is 0 Å². The molecule has 0 aliphatic carbocycles. The fourth-order valence-corrected chi connectivity index (χ4v) is 8.09. The summed E-state index contributed by atoms with van der Waals surface area (Å²) < 4.78 is 2.39. The number of nitrogens with zero attached hydrogens (tertiary/aromatic N) is 4. The van der Waals surface area contributed by atoms with Crippen LogP contribution in [0.1, 0.15) is 0 Å². The van der Waals surface area contributed by atoms with Gasteiger partial charge in [0.1, 0.15) is 0 Å². The highest BCUT2D eigenvalue weighted by atomic mass is 15.0. The summed E-state index contributed by atoms with van der Waals surface area (Å²) in [4.78, 5) is 15.3. The quantitative estimate of drug-likeness (QED) is 0.171. The van der Waals surface area contributed by atoms with Crippen molar-refractivity contribution in [2.45, 2.75) is 0 Å². The molecule has 4 heteroatoms. The van der Waals surface area contributed by atoms with E-state index in [0.29, 0.717) is 17.5 Å². The van der Waals surface area contributed by atoms with E-state index in [1.165, 1.54) is 49.1 Å². The van der Waals surface area contributed by atoms with Gasteiger partial charge in [0, 0.05) is 33.2 Å². The SMILES string of the molecule is c1ccc(-c2ccc(-c3nc(-c4ccc(-n5c6cc(-c7ccccc7)ccc6c6cc7ccccc7cc65)cc4)nc(-c4ccc5ccccc5c4)n3)cc2)cc1. The minimum Gasteiger partial charge on any atom is -0.309 e. The molecule has 11 rings (SSSR count). The van der Waals surface area contributed by atoms with E-state index < -0.39 is 0 Å². The van der Waals surface area contributed by atoms with Crippen molar-refractivity contribution in [2.24, 2.45) is 0 Å². The molecule has 0 aliphatic heterocycles. The zero-order chi connectivity index (χ0) is 37.7. The summed E-state index contributed by atoms with van der Waals surface area (Å²) in [7, 11) is 0. The maximum Gasteiger partial charge on any atom is 0.164 e. The Bertz CT molecular complexity index is 3260. The van der Waals surface area contributed by atoms with Crippen molar-refractivity contribution in [3.63, 3.8) is 0 Å². The maximum atomic E-state index is 5.11. The molecule has 2 heterocycles. The minimum absolute atomic E-state index is 0.626. The first kappa shape index (κ1) is 32.7. The molecule has 0 bridgehead atoms. The lowest BCUT2D eigenvalue weighted by molar-refractivity contribution is 1.07. The first-order valence-corrected chi connectivity index (χ1v) is 19.3. The molecule has 0 saturated carbocycles. The minimum atomic E-state index is 0.626. The lowest BCUT2D eigenvalue weighted by atomic mass is 10.0. The summed E-state index contributed by atoms with van der Waals surface area (Å²) in [5, 5.41) is 7.22. The van der Waals surface area contributed by atoms with E-state index in [2.05, 4.69) is 205 Å². The smallest absolute Gasteiger partial charge is 0.164 e. The normalized spacial score (nSPS) is 11.5. The van der Waals surface area contributed by atoms with E-state index in [1.54, 1.807) is 0 Å². The number of benzene rings is 9. The van der Waals surface area contributed by atoms with Gasteiger partial charge in [0.15, 0.2) is 17.5 Å². The van der Waals surface area contributed by atoms with Crippen molar-refractivity contribution in [1.82, 2.24) is 19.5 Å². The van der Waals surface area contributed by atoms with Crippen molar-refractivity contribution in [2.75, 3.05) is 0 Å². The molecular weight excluding hydrogens is 693 g/mol. The number of aromatic nitrogens is 4. The molecule has 57 heavy (non-hydrogen) atoms. The van der Waals surface area contributed by atoms with Crippen molar-refractivity contribution < 1.29 is 0 Å². The summed E-state index contributed by atoms with van der Waals surface area (Å²) in [6.45, 7) is 0. The van der Waals surface area contributed by atoms with Gasteiger partial charge in [0.2, 0.25) is 0 Å². The molecule has 0 radical (unpaired) electrons. The zero-order valence-electron chi connectivity index (χ0n) is 30.9. The number of fused-ring (bicyclic) bond motifs is 5. The number of rotatable bonds is 6. The Labute approximate surface area is 330 Å². The van der Waals surface area contributed by atoms with Crippen molar-refractivity contribution in [3.8, 4) is 62.1 Å². The molecule has 0 unspecified atom stereocenters. The molecule has 4 nitrogen and oxygen atoms in total. The Morgan fingerprint density at radius 1 is 0.263 bits per heavy atom. The Kier molecular flexibility index (Phi) is 7.78. The highest BCUT2D eigenvalue weighted by Crippen LogP contribution is 2.38. The van der Waals surface area contributed by atoms with Crippen LogP contribution in [0, 0.1) is 0 Å². The molecule has 0 aliphatic rings. The summed E-state index contributed by atoms with van der Waals surface area (Å²) in [6, 6.07) is 73.0. The van der Waals surface area contributed by atoms with Crippen LogP contribution in [0.15, 0.2) is 206 Å². The molecule has 266 valence electrons. The van der Waals surface area contributed by atoms with Gasteiger partial charge in [-0.25, -0.2) is 15.0 Å². The van der Waals surface area contributed by atoms with E-state index >= 15 is 0 Å². The predicted molar refractivity (Wildman–Crippen MR) is 236 cm³/mol. The fourth-order valence-electron chi connectivity index (χ4n) is 8.09. The van der Waals surface area contributed by atoms with E-state index in [1.807, 2.05) is 6.07 Å². The van der Waals surface area contributed by atoms with Crippen LogP contribution in [-0.4, -0.2) is 19.5 Å². The summed E-state index contributed by atoms with van der Waals surface area (Å²) in [5.41, 5.74) is 10.9. The molecule has 0 saturated heterocycles. The molecule has 0 atom stereocenters. The third-order valence-electron chi connectivity index (χ3n) is 11.0. The Balaban J connectivity index is 1.05. The molecule has 0 amide bonds. The van der Waals surface area contributed by atoms with Crippen LogP contribution in [0.3, 0.4) is 0 Å². The Morgan fingerprint density at radius 3 is 1.35 bits per heavy atom. The first-order valence-electron chi connectivity index (χ1n) is 19.3. The predicted octanol–water partition coefficient (Wildman–Crippen LogP) is 13.6. The molecular formula is C53H34N4. The third kappa shape index (κ3) is 5.92. The second-order valence-electron chi connectivity index (χ2n) is 14.5. The first-order chi connectivity index (χ1) is 28.2. The summed E-state index contributed by atoms with van der Waals surface area (Å²) in [6.07, 6.45) is 0. The second-order valence-corrected chi connectivity index (χ2v) is 14.5. The summed E-state index contributed by atoms with van der Waals surface area (Å²) in [5.74, 6) is 1.90. The van der Waals surface area contributed by atoms with Gasteiger partial charge in [-0.2, -0.15) is 0 Å². The van der Waals surface area contributed by atoms with Gasteiger partial charge in [-0.3, -0.25) is 0 Å². The molecule has 0 fully saturated rings. The van der Waals surface area contributed by atoms with Gasteiger partial charge in [-0.1, -0.05) is 158 Å². The summed E-state index contributed by atoms with van der Waals surface area (Å²) >= 11 is 0. The highest BCUT2D eigenvalue weighted by Gasteiger charge is 2.17. The van der Waals surface area contributed by atoms with Crippen LogP contribution in [0.5, 0.6) is 0 Å². The molecule has 0 spiro atoms. The topological polar surface area (TPSA) is 43.6 Å². The van der Waals surface area contributed by atoms with E-state index in [-0.39, 0.29) is 0 Å². The van der Waals surface area contributed by atoms with Gasteiger partial charge in [-0.15, -0.1) is 0 Å². The Morgan fingerprint density at radius 2 is 0.702 bits per heavy atom. The lowest BCUT2D eigenvalue weighted by Gasteiger charge is -2.12. The van der Waals surface area contributed by atoms with Gasteiger partial charge in [0.05, 0.1) is 11.0 Å². The van der Waals surface area contributed by atoms with Crippen LogP contribution in [-0.2, 0) is 0 Å². The van der Waals surface area contributed by atoms with Crippen molar-refractivity contribution >= 4 is 43.4 Å². The lowest BCUT2D eigenvalue weighted by Crippen LogP contribution is -2.01. The fraction of sp³-hybridized carbons (Fsp3) is 0. The van der Waals surface area contributed by atoms with Crippen molar-refractivity contribution in [3.05, 3.63) is 206 Å². The maximum absolute atomic E-state index is 5.11. The molecule has 0 N–H and O–H groups in total. The number of hydrogen-bond donors (Lipinski definition) is 0. The Hall–Kier alpha value is -7.69. The van der Waals surface area contributed by atoms with E-state index in [0.717, 1.165) is 38.8 Å². The van der Waals surface area contributed by atoms with Gasteiger partial charge < -0.3 is 4.57 Å².